The van der Waals surface area contributed by atoms with Gasteiger partial charge >= 0.3 is 5.97 Å². The van der Waals surface area contributed by atoms with Crippen molar-refractivity contribution in [3.05, 3.63) is 41.9 Å². The Hall–Kier alpha value is -2.17. The molecule has 0 aliphatic heterocycles. The maximum absolute atomic E-state index is 12.2. The summed E-state index contributed by atoms with van der Waals surface area (Å²) in [7, 11) is 3.47. The molecule has 0 spiro atoms. The smallest absolute Gasteiger partial charge is 0.343 e. The van der Waals surface area contributed by atoms with Gasteiger partial charge in [0.2, 0.25) is 5.78 Å². The third-order valence-electron chi connectivity index (χ3n) is 2.07. The molecule has 0 saturated heterocycles. The molecule has 0 aliphatic carbocycles. The van der Waals surface area contributed by atoms with Gasteiger partial charge in [0.25, 0.3) is 0 Å². The minimum absolute atomic E-state index is 0.00745. The van der Waals surface area contributed by atoms with Gasteiger partial charge in [0.05, 0.1) is 6.61 Å². The van der Waals surface area contributed by atoms with E-state index < -0.39 is 5.97 Å². The highest BCUT2D eigenvalue weighted by Gasteiger charge is 2.21. The van der Waals surface area contributed by atoms with Crippen molar-refractivity contribution in [2.45, 2.75) is 6.92 Å². The third-order valence-corrected chi connectivity index (χ3v) is 2.07. The molecular formula is C13H16N2O3. The van der Waals surface area contributed by atoms with Crippen LogP contribution in [0.4, 0.5) is 0 Å². The quantitative estimate of drug-likeness (QED) is 0.258. The SMILES string of the molecule is CCOC(=O)/C(=C/N(C)C)C(=O)c1ccncc1. The predicted molar refractivity (Wildman–Crippen MR) is 67.0 cm³/mol. The van der Waals surface area contributed by atoms with Gasteiger partial charge in [0, 0.05) is 38.3 Å². The highest BCUT2D eigenvalue weighted by atomic mass is 16.5. The molecule has 0 radical (unpaired) electrons. The van der Waals surface area contributed by atoms with Gasteiger partial charge in [-0.05, 0) is 19.1 Å². The molecule has 0 N–H and O–H groups in total. The highest BCUT2D eigenvalue weighted by Crippen LogP contribution is 2.10. The molecule has 0 atom stereocenters. The number of rotatable bonds is 5. The van der Waals surface area contributed by atoms with Crippen molar-refractivity contribution < 1.29 is 14.3 Å². The standard InChI is InChI=1S/C13H16N2O3/c1-4-18-13(17)11(9-15(2)3)12(16)10-5-7-14-8-6-10/h5-9H,4H2,1-3H3/b11-9+. The van der Waals surface area contributed by atoms with Crippen molar-refractivity contribution in [1.29, 1.82) is 0 Å². The first-order chi connectivity index (χ1) is 8.56. The summed E-state index contributed by atoms with van der Waals surface area (Å²) in [5.74, 6) is -0.988. The van der Waals surface area contributed by atoms with E-state index in [4.69, 9.17) is 4.74 Å². The number of pyridine rings is 1. The summed E-state index contributed by atoms with van der Waals surface area (Å²) in [6.07, 6.45) is 4.47. The molecule has 0 aliphatic rings. The van der Waals surface area contributed by atoms with Gasteiger partial charge < -0.3 is 9.64 Å². The van der Waals surface area contributed by atoms with Crippen LogP contribution in [0.15, 0.2) is 36.3 Å². The molecule has 0 unspecified atom stereocenters. The number of esters is 1. The zero-order valence-electron chi connectivity index (χ0n) is 10.7. The molecule has 0 aromatic carbocycles. The van der Waals surface area contributed by atoms with E-state index in [1.807, 2.05) is 0 Å². The molecule has 1 aromatic heterocycles. The van der Waals surface area contributed by atoms with E-state index >= 15 is 0 Å². The molecule has 0 saturated carbocycles. The molecule has 0 bridgehead atoms. The Labute approximate surface area is 106 Å². The van der Waals surface area contributed by atoms with Gasteiger partial charge in [-0.1, -0.05) is 0 Å². The zero-order valence-corrected chi connectivity index (χ0v) is 10.7. The summed E-state index contributed by atoms with van der Waals surface area (Å²) < 4.78 is 4.88. The van der Waals surface area contributed by atoms with Crippen molar-refractivity contribution in [2.24, 2.45) is 0 Å². The average Bonchev–Trinajstić information content (AvgIpc) is 2.36. The number of aromatic nitrogens is 1. The van der Waals surface area contributed by atoms with Crippen molar-refractivity contribution >= 4 is 11.8 Å². The summed E-state index contributed by atoms with van der Waals surface area (Å²) in [6, 6.07) is 3.12. The Balaban J connectivity index is 3.05. The van der Waals surface area contributed by atoms with E-state index in [1.165, 1.54) is 18.6 Å². The van der Waals surface area contributed by atoms with Gasteiger partial charge in [-0.15, -0.1) is 0 Å². The van der Waals surface area contributed by atoms with E-state index in [0.29, 0.717) is 5.56 Å². The molecule has 96 valence electrons. The monoisotopic (exact) mass is 248 g/mol. The lowest BCUT2D eigenvalue weighted by Gasteiger charge is -2.10. The Morgan fingerprint density at radius 3 is 2.44 bits per heavy atom. The summed E-state index contributed by atoms with van der Waals surface area (Å²) in [5, 5.41) is 0. The van der Waals surface area contributed by atoms with Gasteiger partial charge in [0.1, 0.15) is 5.57 Å². The second-order valence-electron chi connectivity index (χ2n) is 3.79. The van der Waals surface area contributed by atoms with Gasteiger partial charge in [-0.3, -0.25) is 9.78 Å². The van der Waals surface area contributed by atoms with Crippen molar-refractivity contribution in [3.63, 3.8) is 0 Å². The maximum atomic E-state index is 12.2. The Morgan fingerprint density at radius 2 is 1.94 bits per heavy atom. The average molecular weight is 248 g/mol. The van der Waals surface area contributed by atoms with Gasteiger partial charge in [0.15, 0.2) is 0 Å². The number of nitrogens with zero attached hydrogens (tertiary/aromatic N) is 2. The lowest BCUT2D eigenvalue weighted by atomic mass is 10.1. The van der Waals surface area contributed by atoms with Crippen LogP contribution >= 0.6 is 0 Å². The number of ether oxygens (including phenoxy) is 1. The van der Waals surface area contributed by atoms with E-state index in [2.05, 4.69) is 4.98 Å². The predicted octanol–water partition coefficient (Wildman–Crippen LogP) is 1.27. The molecule has 1 rings (SSSR count). The molecule has 5 nitrogen and oxygen atoms in total. The van der Waals surface area contributed by atoms with E-state index in [1.54, 1.807) is 38.1 Å². The summed E-state index contributed by atoms with van der Waals surface area (Å²) in [6.45, 7) is 1.93. The van der Waals surface area contributed by atoms with Crippen LogP contribution in [0.25, 0.3) is 0 Å². The van der Waals surface area contributed by atoms with Crippen molar-refractivity contribution in [2.75, 3.05) is 20.7 Å². The minimum atomic E-state index is -0.618. The van der Waals surface area contributed by atoms with Crippen LogP contribution in [-0.4, -0.2) is 42.3 Å². The van der Waals surface area contributed by atoms with Crippen LogP contribution in [0, 0.1) is 0 Å². The maximum Gasteiger partial charge on any atom is 0.343 e. The Kier molecular flexibility index (Phi) is 5.05. The van der Waals surface area contributed by atoms with Crippen molar-refractivity contribution in [1.82, 2.24) is 9.88 Å². The first-order valence-corrected chi connectivity index (χ1v) is 5.56. The summed E-state index contributed by atoms with van der Waals surface area (Å²) in [4.78, 5) is 29.4. The normalized spacial score (nSPS) is 10.9. The Morgan fingerprint density at radius 1 is 1.33 bits per heavy atom. The van der Waals surface area contributed by atoms with Gasteiger partial charge in [-0.25, -0.2) is 4.79 Å². The fourth-order valence-electron chi connectivity index (χ4n) is 1.33. The number of hydrogen-bond donors (Lipinski definition) is 0. The first kappa shape index (κ1) is 13.9. The number of Topliss-reactive ketones (excluding diaryl/α,β-unsaturated/α-hetero) is 1. The summed E-state index contributed by atoms with van der Waals surface area (Å²) >= 11 is 0. The molecule has 18 heavy (non-hydrogen) atoms. The van der Waals surface area contributed by atoms with Crippen LogP contribution in [0.1, 0.15) is 17.3 Å². The second-order valence-corrected chi connectivity index (χ2v) is 3.79. The summed E-state index contributed by atoms with van der Waals surface area (Å²) in [5.41, 5.74) is 0.416. The van der Waals surface area contributed by atoms with E-state index in [9.17, 15) is 9.59 Å². The first-order valence-electron chi connectivity index (χ1n) is 5.56. The second kappa shape index (κ2) is 6.54. The van der Waals surface area contributed by atoms with Crippen LogP contribution < -0.4 is 0 Å². The van der Waals surface area contributed by atoms with Crippen LogP contribution in [0.2, 0.25) is 0 Å². The van der Waals surface area contributed by atoms with Crippen LogP contribution in [0.3, 0.4) is 0 Å². The number of carbonyl (C=O) groups excluding carboxylic acids is 2. The molecule has 1 aromatic rings. The van der Waals surface area contributed by atoms with Gasteiger partial charge in [-0.2, -0.15) is 0 Å². The molecule has 0 amide bonds. The number of hydrogen-bond acceptors (Lipinski definition) is 5. The number of carbonyl (C=O) groups is 2. The minimum Gasteiger partial charge on any atom is -0.462 e. The lowest BCUT2D eigenvalue weighted by Crippen LogP contribution is -2.19. The third kappa shape index (κ3) is 3.69. The Bertz CT molecular complexity index is 453. The highest BCUT2D eigenvalue weighted by molar-refractivity contribution is 6.24. The molecule has 0 fully saturated rings. The zero-order chi connectivity index (χ0) is 13.5. The molecular weight excluding hydrogens is 232 g/mol. The fourth-order valence-corrected chi connectivity index (χ4v) is 1.33. The largest absolute Gasteiger partial charge is 0.462 e. The molecule has 1 heterocycles. The molecule has 5 heteroatoms. The fraction of sp³-hybridized carbons (Fsp3) is 0.308. The van der Waals surface area contributed by atoms with Crippen LogP contribution in [-0.2, 0) is 9.53 Å². The number of ketones is 1. The lowest BCUT2D eigenvalue weighted by molar-refractivity contribution is -0.138. The van der Waals surface area contributed by atoms with Crippen LogP contribution in [0.5, 0.6) is 0 Å². The van der Waals surface area contributed by atoms with E-state index in [-0.39, 0.29) is 18.0 Å². The van der Waals surface area contributed by atoms with E-state index in [0.717, 1.165) is 0 Å². The van der Waals surface area contributed by atoms with Crippen molar-refractivity contribution in [3.8, 4) is 0 Å². The topological polar surface area (TPSA) is 59.5 Å².